The van der Waals surface area contributed by atoms with Crippen molar-refractivity contribution in [3.05, 3.63) is 40.4 Å². The van der Waals surface area contributed by atoms with Crippen molar-refractivity contribution in [1.82, 2.24) is 10.3 Å². The predicted octanol–water partition coefficient (Wildman–Crippen LogP) is 3.74. The van der Waals surface area contributed by atoms with Crippen LogP contribution in [0.3, 0.4) is 0 Å². The van der Waals surface area contributed by atoms with Crippen molar-refractivity contribution in [1.29, 1.82) is 0 Å². The van der Waals surface area contributed by atoms with Crippen molar-refractivity contribution in [2.24, 2.45) is 0 Å². The molecule has 0 saturated heterocycles. The highest BCUT2D eigenvalue weighted by atomic mass is 32.1. The number of carbonyl (C=O) groups is 1. The quantitative estimate of drug-likeness (QED) is 0.839. The van der Waals surface area contributed by atoms with Gasteiger partial charge in [-0.3, -0.25) is 5.32 Å². The standard InChI is InChI=1S/C17H21N3O2S/c1-22-14-9-6-5-7-12(14)11-18-16(21)20-17-19-13-8-3-2-4-10-15(13)23-17/h5-7,9H,2-4,8,10-11H2,1H3,(H2,18,19,20,21). The van der Waals surface area contributed by atoms with E-state index in [9.17, 15) is 4.79 Å². The van der Waals surface area contributed by atoms with Crippen molar-refractivity contribution in [2.75, 3.05) is 12.4 Å². The van der Waals surface area contributed by atoms with E-state index in [1.807, 2.05) is 24.3 Å². The Balaban J connectivity index is 1.57. The molecule has 2 amide bonds. The van der Waals surface area contributed by atoms with Crippen LogP contribution >= 0.6 is 11.3 Å². The van der Waals surface area contributed by atoms with Gasteiger partial charge in [-0.15, -0.1) is 11.3 Å². The number of aromatic nitrogens is 1. The van der Waals surface area contributed by atoms with Gasteiger partial charge in [0, 0.05) is 17.0 Å². The van der Waals surface area contributed by atoms with Crippen LogP contribution in [0, 0.1) is 0 Å². The summed E-state index contributed by atoms with van der Waals surface area (Å²) >= 11 is 1.60. The highest BCUT2D eigenvalue weighted by molar-refractivity contribution is 7.15. The maximum atomic E-state index is 12.1. The number of nitrogens with zero attached hydrogens (tertiary/aromatic N) is 1. The van der Waals surface area contributed by atoms with E-state index in [0.717, 1.165) is 29.8 Å². The SMILES string of the molecule is COc1ccccc1CNC(=O)Nc1nc2c(s1)CCCCC2. The fourth-order valence-electron chi connectivity index (χ4n) is 2.75. The molecule has 1 aliphatic rings. The molecule has 1 aromatic heterocycles. The number of carbonyl (C=O) groups excluding carboxylic acids is 1. The fourth-order valence-corrected chi connectivity index (χ4v) is 3.79. The third-order valence-electron chi connectivity index (χ3n) is 3.95. The Kier molecular flexibility index (Phi) is 5.12. The molecular weight excluding hydrogens is 310 g/mol. The van der Waals surface area contributed by atoms with Gasteiger partial charge in [0.05, 0.1) is 12.8 Å². The lowest BCUT2D eigenvalue weighted by Crippen LogP contribution is -2.28. The van der Waals surface area contributed by atoms with Crippen LogP contribution < -0.4 is 15.4 Å². The van der Waals surface area contributed by atoms with Gasteiger partial charge >= 0.3 is 6.03 Å². The van der Waals surface area contributed by atoms with Crippen molar-refractivity contribution in [2.45, 2.75) is 38.6 Å². The second-order valence-electron chi connectivity index (χ2n) is 5.57. The number of nitrogens with one attached hydrogen (secondary N) is 2. The molecule has 1 aliphatic carbocycles. The van der Waals surface area contributed by atoms with E-state index in [0.29, 0.717) is 11.7 Å². The van der Waals surface area contributed by atoms with Crippen LogP contribution in [0.25, 0.3) is 0 Å². The first-order valence-electron chi connectivity index (χ1n) is 7.91. The maximum Gasteiger partial charge on any atom is 0.321 e. The van der Waals surface area contributed by atoms with Crippen molar-refractivity contribution in [3.63, 3.8) is 0 Å². The van der Waals surface area contributed by atoms with Crippen LogP contribution in [0.5, 0.6) is 5.75 Å². The summed E-state index contributed by atoms with van der Waals surface area (Å²) in [6, 6.07) is 7.41. The molecule has 0 radical (unpaired) electrons. The largest absolute Gasteiger partial charge is 0.496 e. The topological polar surface area (TPSA) is 63.2 Å². The number of aryl methyl sites for hydroxylation is 2. The van der Waals surface area contributed by atoms with E-state index < -0.39 is 0 Å². The highest BCUT2D eigenvalue weighted by Gasteiger charge is 2.15. The number of anilines is 1. The summed E-state index contributed by atoms with van der Waals surface area (Å²) < 4.78 is 5.28. The number of benzene rings is 1. The summed E-state index contributed by atoms with van der Waals surface area (Å²) in [5.74, 6) is 0.772. The van der Waals surface area contributed by atoms with Crippen LogP contribution in [0.4, 0.5) is 9.93 Å². The van der Waals surface area contributed by atoms with E-state index in [4.69, 9.17) is 4.74 Å². The lowest BCUT2D eigenvalue weighted by Gasteiger charge is -2.09. The number of ether oxygens (including phenoxy) is 1. The lowest BCUT2D eigenvalue weighted by atomic mass is 10.2. The number of amides is 2. The summed E-state index contributed by atoms with van der Waals surface area (Å²) in [7, 11) is 1.63. The van der Waals surface area contributed by atoms with E-state index >= 15 is 0 Å². The normalized spacial score (nSPS) is 13.8. The molecule has 0 aliphatic heterocycles. The smallest absolute Gasteiger partial charge is 0.321 e. The van der Waals surface area contributed by atoms with Crippen LogP contribution in [0.1, 0.15) is 35.4 Å². The van der Waals surface area contributed by atoms with Crippen LogP contribution in [0.15, 0.2) is 24.3 Å². The second-order valence-corrected chi connectivity index (χ2v) is 6.65. The van der Waals surface area contributed by atoms with Crippen LogP contribution in [-0.2, 0) is 19.4 Å². The number of methoxy groups -OCH3 is 1. The molecule has 0 unspecified atom stereocenters. The monoisotopic (exact) mass is 331 g/mol. The summed E-state index contributed by atoms with van der Waals surface area (Å²) in [6.45, 7) is 0.418. The van der Waals surface area contributed by atoms with E-state index in [-0.39, 0.29) is 6.03 Å². The van der Waals surface area contributed by atoms with Gasteiger partial charge in [-0.1, -0.05) is 24.6 Å². The number of hydrogen-bond donors (Lipinski definition) is 2. The molecule has 6 heteroatoms. The Labute approximate surface area is 140 Å². The zero-order valence-corrected chi connectivity index (χ0v) is 14.0. The predicted molar refractivity (Wildman–Crippen MR) is 92.2 cm³/mol. The fraction of sp³-hybridized carbons (Fsp3) is 0.412. The average molecular weight is 331 g/mol. The Bertz CT molecular complexity index is 661. The van der Waals surface area contributed by atoms with Crippen LogP contribution in [0.2, 0.25) is 0 Å². The molecule has 5 nitrogen and oxygen atoms in total. The van der Waals surface area contributed by atoms with Gasteiger partial charge in [0.25, 0.3) is 0 Å². The Morgan fingerprint density at radius 3 is 2.96 bits per heavy atom. The van der Waals surface area contributed by atoms with E-state index in [1.54, 1.807) is 18.4 Å². The zero-order chi connectivity index (χ0) is 16.1. The molecule has 3 rings (SSSR count). The lowest BCUT2D eigenvalue weighted by molar-refractivity contribution is 0.251. The van der Waals surface area contributed by atoms with Gasteiger partial charge in [0.2, 0.25) is 0 Å². The molecule has 0 atom stereocenters. The molecular formula is C17H21N3O2S. The van der Waals surface area contributed by atoms with Gasteiger partial charge in [0.15, 0.2) is 5.13 Å². The Hall–Kier alpha value is -2.08. The number of hydrogen-bond acceptors (Lipinski definition) is 4. The highest BCUT2D eigenvalue weighted by Crippen LogP contribution is 2.28. The molecule has 0 spiro atoms. The number of thiazole rings is 1. The first-order valence-corrected chi connectivity index (χ1v) is 8.73. The van der Waals surface area contributed by atoms with Gasteiger partial charge in [-0.05, 0) is 31.7 Å². The summed E-state index contributed by atoms with van der Waals surface area (Å²) in [6.07, 6.45) is 5.78. The van der Waals surface area contributed by atoms with Gasteiger partial charge in [-0.2, -0.15) is 0 Å². The zero-order valence-electron chi connectivity index (χ0n) is 13.2. The summed E-state index contributed by atoms with van der Waals surface area (Å²) in [4.78, 5) is 18.0. The first kappa shape index (κ1) is 15.8. The molecule has 2 N–H and O–H groups in total. The molecule has 0 bridgehead atoms. The molecule has 2 aromatic rings. The van der Waals surface area contributed by atoms with E-state index in [1.165, 1.54) is 24.1 Å². The molecule has 1 heterocycles. The second kappa shape index (κ2) is 7.46. The maximum absolute atomic E-state index is 12.1. The average Bonchev–Trinajstić information content (AvgIpc) is 2.81. The molecule has 0 fully saturated rings. The minimum Gasteiger partial charge on any atom is -0.496 e. The van der Waals surface area contributed by atoms with Gasteiger partial charge < -0.3 is 10.1 Å². The number of rotatable bonds is 4. The van der Waals surface area contributed by atoms with Gasteiger partial charge in [0.1, 0.15) is 5.75 Å². The van der Waals surface area contributed by atoms with Gasteiger partial charge in [-0.25, -0.2) is 9.78 Å². The Morgan fingerprint density at radius 1 is 1.26 bits per heavy atom. The number of urea groups is 1. The number of fused-ring (bicyclic) bond motifs is 1. The van der Waals surface area contributed by atoms with Crippen molar-refractivity contribution < 1.29 is 9.53 Å². The number of para-hydroxylation sites is 1. The van der Waals surface area contributed by atoms with Crippen molar-refractivity contribution >= 4 is 22.5 Å². The molecule has 23 heavy (non-hydrogen) atoms. The minimum absolute atomic E-state index is 0.236. The summed E-state index contributed by atoms with van der Waals surface area (Å²) in [5, 5.41) is 6.38. The van der Waals surface area contributed by atoms with Crippen LogP contribution in [-0.4, -0.2) is 18.1 Å². The first-order chi connectivity index (χ1) is 11.3. The minimum atomic E-state index is -0.236. The van der Waals surface area contributed by atoms with E-state index in [2.05, 4.69) is 15.6 Å². The third-order valence-corrected chi connectivity index (χ3v) is 5.02. The molecule has 0 saturated carbocycles. The molecule has 122 valence electrons. The Morgan fingerprint density at radius 2 is 2.09 bits per heavy atom. The van der Waals surface area contributed by atoms with Crippen molar-refractivity contribution in [3.8, 4) is 5.75 Å². The molecule has 1 aromatic carbocycles. The summed E-state index contributed by atoms with van der Waals surface area (Å²) in [5.41, 5.74) is 2.10. The third kappa shape index (κ3) is 4.01.